The first-order chi connectivity index (χ1) is 14.7. The maximum atomic E-state index is 3.83. The number of aromatic nitrogens is 1. The van der Waals surface area contributed by atoms with Crippen LogP contribution < -0.4 is 0 Å². The SMILES string of the molecule is CC1Cc2ccccc2-c2[nH]c3cc4c5c(sc4cc3c21)-c1ccccc1CC5C. The summed E-state index contributed by atoms with van der Waals surface area (Å²) in [5.74, 6) is 1.10. The summed E-state index contributed by atoms with van der Waals surface area (Å²) in [6.07, 6.45) is 2.26. The Kier molecular flexibility index (Phi) is 3.30. The number of aromatic amines is 1. The van der Waals surface area contributed by atoms with Crippen molar-refractivity contribution >= 4 is 32.3 Å². The third kappa shape index (κ3) is 2.12. The van der Waals surface area contributed by atoms with Gasteiger partial charge in [-0.1, -0.05) is 62.4 Å². The third-order valence-electron chi connectivity index (χ3n) is 7.27. The van der Waals surface area contributed by atoms with Crippen molar-refractivity contribution in [3.63, 3.8) is 0 Å². The van der Waals surface area contributed by atoms with Crippen molar-refractivity contribution < 1.29 is 0 Å². The van der Waals surface area contributed by atoms with Gasteiger partial charge >= 0.3 is 0 Å². The van der Waals surface area contributed by atoms with Crippen LogP contribution in [0, 0.1) is 0 Å². The fourth-order valence-electron chi connectivity index (χ4n) is 5.96. The zero-order chi connectivity index (χ0) is 20.0. The molecule has 0 spiro atoms. The fourth-order valence-corrected chi connectivity index (χ4v) is 7.37. The summed E-state index contributed by atoms with van der Waals surface area (Å²) in [5.41, 5.74) is 11.5. The second kappa shape index (κ2) is 5.86. The summed E-state index contributed by atoms with van der Waals surface area (Å²) in [4.78, 5) is 5.32. The smallest absolute Gasteiger partial charge is 0.0503 e. The second-order valence-corrected chi connectivity index (χ2v) is 10.2. The van der Waals surface area contributed by atoms with Gasteiger partial charge in [-0.25, -0.2) is 0 Å². The number of fused-ring (bicyclic) bond motifs is 10. The summed E-state index contributed by atoms with van der Waals surface area (Å²) in [7, 11) is 0. The largest absolute Gasteiger partial charge is 0.354 e. The van der Waals surface area contributed by atoms with Gasteiger partial charge in [-0.15, -0.1) is 11.3 Å². The van der Waals surface area contributed by atoms with Gasteiger partial charge in [0.05, 0.1) is 5.69 Å². The van der Waals surface area contributed by atoms with E-state index in [1.165, 1.54) is 59.4 Å². The van der Waals surface area contributed by atoms with Crippen molar-refractivity contribution in [3.05, 3.63) is 82.9 Å². The second-order valence-electron chi connectivity index (χ2n) is 9.18. The number of hydrogen-bond acceptors (Lipinski definition) is 1. The fraction of sp³-hybridized carbons (Fsp3) is 0.214. The molecule has 0 aliphatic heterocycles. The van der Waals surface area contributed by atoms with E-state index in [9.17, 15) is 0 Å². The Labute approximate surface area is 180 Å². The van der Waals surface area contributed by atoms with E-state index in [1.807, 2.05) is 11.3 Å². The number of benzene rings is 3. The van der Waals surface area contributed by atoms with Crippen LogP contribution >= 0.6 is 11.3 Å². The molecule has 0 saturated heterocycles. The maximum Gasteiger partial charge on any atom is 0.0503 e. The van der Waals surface area contributed by atoms with Gasteiger partial charge in [-0.3, -0.25) is 0 Å². The predicted molar refractivity (Wildman–Crippen MR) is 129 cm³/mol. The van der Waals surface area contributed by atoms with Gasteiger partial charge in [-0.2, -0.15) is 0 Å². The summed E-state index contributed by atoms with van der Waals surface area (Å²) in [6, 6.07) is 22.8. The van der Waals surface area contributed by atoms with E-state index in [0.29, 0.717) is 11.8 Å². The molecule has 0 fully saturated rings. The van der Waals surface area contributed by atoms with Crippen molar-refractivity contribution in [1.82, 2.24) is 4.98 Å². The maximum absolute atomic E-state index is 3.83. The molecule has 2 heterocycles. The molecule has 146 valence electrons. The van der Waals surface area contributed by atoms with Gasteiger partial charge in [0, 0.05) is 26.0 Å². The summed E-state index contributed by atoms with van der Waals surface area (Å²) in [5, 5.41) is 2.86. The average molecular weight is 406 g/mol. The van der Waals surface area contributed by atoms with Crippen LogP contribution in [0.5, 0.6) is 0 Å². The Bertz CT molecular complexity index is 1370. The minimum absolute atomic E-state index is 0.537. The Morgan fingerprint density at radius 1 is 0.767 bits per heavy atom. The summed E-state index contributed by atoms with van der Waals surface area (Å²) >= 11 is 1.99. The molecule has 30 heavy (non-hydrogen) atoms. The highest BCUT2D eigenvalue weighted by molar-refractivity contribution is 7.22. The summed E-state index contributed by atoms with van der Waals surface area (Å²) in [6.45, 7) is 4.77. The third-order valence-corrected chi connectivity index (χ3v) is 8.47. The molecule has 3 aromatic carbocycles. The molecule has 7 rings (SSSR count). The molecule has 2 atom stereocenters. The molecule has 0 radical (unpaired) electrons. The minimum Gasteiger partial charge on any atom is -0.354 e. The van der Waals surface area contributed by atoms with Crippen molar-refractivity contribution in [2.24, 2.45) is 0 Å². The van der Waals surface area contributed by atoms with Crippen molar-refractivity contribution in [3.8, 4) is 21.7 Å². The van der Waals surface area contributed by atoms with Crippen LogP contribution in [0.2, 0.25) is 0 Å². The van der Waals surface area contributed by atoms with E-state index in [2.05, 4.69) is 79.5 Å². The molecule has 2 aliphatic rings. The number of hydrogen-bond donors (Lipinski definition) is 1. The highest BCUT2D eigenvalue weighted by Crippen LogP contribution is 2.50. The Hall–Kier alpha value is -2.84. The average Bonchev–Trinajstić information content (AvgIpc) is 3.31. The Balaban J connectivity index is 1.54. The lowest BCUT2D eigenvalue weighted by molar-refractivity contribution is 0.755. The lowest BCUT2D eigenvalue weighted by Crippen LogP contribution is -2.07. The number of H-pyrrole nitrogens is 1. The molecule has 0 saturated carbocycles. The molecule has 2 unspecified atom stereocenters. The highest BCUT2D eigenvalue weighted by atomic mass is 32.1. The van der Waals surface area contributed by atoms with Crippen LogP contribution in [0.3, 0.4) is 0 Å². The van der Waals surface area contributed by atoms with Crippen LogP contribution in [0.1, 0.15) is 47.9 Å². The molecule has 1 nitrogen and oxygen atoms in total. The molecule has 5 aromatic rings. The monoisotopic (exact) mass is 405 g/mol. The van der Waals surface area contributed by atoms with E-state index in [1.54, 1.807) is 5.56 Å². The van der Waals surface area contributed by atoms with Gasteiger partial charge in [0.25, 0.3) is 0 Å². The topological polar surface area (TPSA) is 15.8 Å². The number of thiophene rings is 1. The first-order valence-electron chi connectivity index (χ1n) is 11.0. The summed E-state index contributed by atoms with van der Waals surface area (Å²) < 4.78 is 1.43. The lowest BCUT2D eigenvalue weighted by Gasteiger charge is -2.22. The zero-order valence-electron chi connectivity index (χ0n) is 17.3. The van der Waals surface area contributed by atoms with Crippen LogP contribution in [-0.2, 0) is 12.8 Å². The number of rotatable bonds is 0. The molecular weight excluding hydrogens is 382 g/mol. The standard InChI is InChI=1S/C28H23NS/c1-15-11-17-7-3-5-9-19(17)27-25(15)21-14-24-22(13-23(21)29-27)26-16(2)12-18-8-4-6-10-20(18)28(26)30-24/h3-10,13-16,29H,11-12H2,1-2H3. The first kappa shape index (κ1) is 16.9. The van der Waals surface area contributed by atoms with Crippen LogP contribution in [-0.4, -0.2) is 4.98 Å². The Morgan fingerprint density at radius 3 is 2.23 bits per heavy atom. The van der Waals surface area contributed by atoms with Crippen molar-refractivity contribution in [1.29, 1.82) is 0 Å². The van der Waals surface area contributed by atoms with E-state index in [4.69, 9.17) is 0 Å². The van der Waals surface area contributed by atoms with Crippen LogP contribution in [0.25, 0.3) is 42.7 Å². The normalized spacial score (nSPS) is 19.4. The van der Waals surface area contributed by atoms with E-state index >= 15 is 0 Å². The molecule has 0 bridgehead atoms. The molecular formula is C28H23NS. The van der Waals surface area contributed by atoms with Gasteiger partial charge in [0.1, 0.15) is 0 Å². The molecule has 2 aromatic heterocycles. The number of nitrogens with one attached hydrogen (secondary N) is 1. The molecule has 1 N–H and O–H groups in total. The van der Waals surface area contributed by atoms with E-state index in [0.717, 1.165) is 12.8 Å². The zero-order valence-corrected chi connectivity index (χ0v) is 18.1. The molecule has 2 aliphatic carbocycles. The van der Waals surface area contributed by atoms with Gasteiger partial charge in [-0.05, 0) is 70.0 Å². The minimum atomic E-state index is 0.537. The quantitative estimate of drug-likeness (QED) is 0.268. The van der Waals surface area contributed by atoms with E-state index < -0.39 is 0 Å². The highest BCUT2D eigenvalue weighted by Gasteiger charge is 2.29. The molecule has 2 heteroatoms. The molecule has 0 amide bonds. The van der Waals surface area contributed by atoms with Gasteiger partial charge in [0.2, 0.25) is 0 Å². The van der Waals surface area contributed by atoms with Crippen molar-refractivity contribution in [2.75, 3.05) is 0 Å². The van der Waals surface area contributed by atoms with Crippen molar-refractivity contribution in [2.45, 2.75) is 38.5 Å². The Morgan fingerprint density at radius 2 is 1.43 bits per heavy atom. The lowest BCUT2D eigenvalue weighted by atomic mass is 9.81. The van der Waals surface area contributed by atoms with E-state index in [-0.39, 0.29) is 0 Å². The van der Waals surface area contributed by atoms with Gasteiger partial charge in [0.15, 0.2) is 0 Å². The van der Waals surface area contributed by atoms with Crippen LogP contribution in [0.15, 0.2) is 60.7 Å². The first-order valence-corrected chi connectivity index (χ1v) is 11.8. The predicted octanol–water partition coefficient (Wildman–Crippen LogP) is 8.04. The van der Waals surface area contributed by atoms with Gasteiger partial charge < -0.3 is 4.98 Å². The van der Waals surface area contributed by atoms with Crippen LogP contribution in [0.4, 0.5) is 0 Å².